The second-order valence-corrected chi connectivity index (χ2v) is 13.8. The molecule has 6 rings (SSSR count). The summed E-state index contributed by atoms with van der Waals surface area (Å²) in [5.74, 6) is 3.25. The molecule has 4 saturated carbocycles. The zero-order valence-electron chi connectivity index (χ0n) is 20.9. The second-order valence-electron chi connectivity index (χ2n) is 13.8. The molecule has 2 saturated heterocycles. The topological polar surface area (TPSA) is 58.9 Å². The Hall–Kier alpha value is -0.160. The van der Waals surface area contributed by atoms with E-state index in [9.17, 15) is 10.2 Å². The molecule has 0 aromatic carbocycles. The fraction of sp³-hybridized carbons (Fsp3) is 1.00. The summed E-state index contributed by atoms with van der Waals surface area (Å²) in [6.45, 7) is 12.8. The van der Waals surface area contributed by atoms with Crippen molar-refractivity contribution in [3.05, 3.63) is 0 Å². The van der Waals surface area contributed by atoms with Crippen LogP contribution in [-0.2, 0) is 9.47 Å². The van der Waals surface area contributed by atoms with Gasteiger partial charge in [-0.1, -0.05) is 41.0 Å². The number of fused-ring (bicyclic) bond motifs is 7. The third-order valence-electron chi connectivity index (χ3n) is 12.3. The summed E-state index contributed by atoms with van der Waals surface area (Å²) in [5, 5.41) is 22.9. The van der Waals surface area contributed by atoms with Gasteiger partial charge in [0.1, 0.15) is 0 Å². The molecule has 0 bridgehead atoms. The van der Waals surface area contributed by atoms with Crippen molar-refractivity contribution in [3.63, 3.8) is 0 Å². The number of aliphatic hydroxyl groups excluding tert-OH is 2. The summed E-state index contributed by atoms with van der Waals surface area (Å²) < 4.78 is 13.3. The molecular weight excluding hydrogens is 400 g/mol. The lowest BCUT2D eigenvalue weighted by atomic mass is 9.42. The first kappa shape index (κ1) is 22.3. The van der Waals surface area contributed by atoms with Crippen LogP contribution in [0.3, 0.4) is 0 Å². The van der Waals surface area contributed by atoms with E-state index in [1.807, 2.05) is 0 Å². The molecule has 2 N–H and O–H groups in total. The van der Waals surface area contributed by atoms with Gasteiger partial charge in [0.15, 0.2) is 5.79 Å². The van der Waals surface area contributed by atoms with Crippen LogP contribution in [0.1, 0.15) is 86.0 Å². The van der Waals surface area contributed by atoms with Crippen LogP contribution >= 0.6 is 0 Å². The Morgan fingerprint density at radius 1 is 0.750 bits per heavy atom. The van der Waals surface area contributed by atoms with Crippen LogP contribution in [0.25, 0.3) is 0 Å². The molecule has 6 aliphatic rings. The van der Waals surface area contributed by atoms with Crippen molar-refractivity contribution in [3.8, 4) is 0 Å². The summed E-state index contributed by atoms with van der Waals surface area (Å²) in [7, 11) is 0. The highest BCUT2D eigenvalue weighted by atomic mass is 16.7. The number of hydrogen-bond acceptors (Lipinski definition) is 4. The minimum atomic E-state index is -0.581. The Balaban J connectivity index is 1.31. The summed E-state index contributed by atoms with van der Waals surface area (Å²) in [6.07, 6.45) is 8.33. The van der Waals surface area contributed by atoms with Crippen molar-refractivity contribution >= 4 is 0 Å². The van der Waals surface area contributed by atoms with E-state index < -0.39 is 12.2 Å². The van der Waals surface area contributed by atoms with Gasteiger partial charge in [-0.2, -0.15) is 0 Å². The van der Waals surface area contributed by atoms with Crippen molar-refractivity contribution in [1.29, 1.82) is 0 Å². The lowest BCUT2D eigenvalue weighted by molar-refractivity contribution is -0.275. The maximum atomic E-state index is 11.6. The number of hydrogen-bond donors (Lipinski definition) is 2. The average Bonchev–Trinajstić information content (AvgIpc) is 3.20. The second kappa shape index (κ2) is 7.18. The monoisotopic (exact) mass is 446 g/mol. The molecule has 32 heavy (non-hydrogen) atoms. The first-order chi connectivity index (χ1) is 15.1. The van der Waals surface area contributed by atoms with Crippen molar-refractivity contribution in [2.45, 2.75) is 110 Å². The zero-order valence-corrected chi connectivity index (χ0v) is 20.9. The van der Waals surface area contributed by atoms with Crippen LogP contribution in [-0.4, -0.2) is 40.9 Å². The van der Waals surface area contributed by atoms with Crippen LogP contribution < -0.4 is 0 Å². The maximum absolute atomic E-state index is 11.6. The fourth-order valence-electron chi connectivity index (χ4n) is 10.5. The molecular formula is C28H46O4. The van der Waals surface area contributed by atoms with Gasteiger partial charge in [-0.3, -0.25) is 0 Å². The van der Waals surface area contributed by atoms with Crippen LogP contribution in [0.15, 0.2) is 0 Å². The highest BCUT2D eigenvalue weighted by molar-refractivity contribution is 5.17. The average molecular weight is 447 g/mol. The SMILES string of the molecule is CC1CC[C@@]2(OC1)O[C@H]1C[C@H]3C4[C@@H](O)[C@H](O)[C@H]5C[C@@H](C)CC[C@]5(C)[C@H]4CC[C@]3(C)[C@H]1[C@@H]2C. The summed E-state index contributed by atoms with van der Waals surface area (Å²) in [4.78, 5) is 0. The lowest BCUT2D eigenvalue weighted by Crippen LogP contribution is -2.64. The van der Waals surface area contributed by atoms with E-state index in [-0.39, 0.29) is 34.6 Å². The van der Waals surface area contributed by atoms with E-state index >= 15 is 0 Å². The molecule has 2 heterocycles. The molecule has 2 unspecified atom stereocenters. The van der Waals surface area contributed by atoms with E-state index in [0.717, 1.165) is 25.9 Å². The molecule has 0 amide bonds. The number of ether oxygens (including phenoxy) is 2. The molecule has 14 atom stereocenters. The predicted octanol–water partition coefficient (Wildman–Crippen LogP) is 5.01. The molecule has 4 nitrogen and oxygen atoms in total. The van der Waals surface area contributed by atoms with Gasteiger partial charge in [-0.25, -0.2) is 0 Å². The van der Waals surface area contributed by atoms with Crippen LogP contribution in [0, 0.1) is 58.2 Å². The highest BCUT2D eigenvalue weighted by Crippen LogP contribution is 2.71. The van der Waals surface area contributed by atoms with Crippen molar-refractivity contribution < 1.29 is 19.7 Å². The fourth-order valence-corrected chi connectivity index (χ4v) is 10.5. The molecule has 182 valence electrons. The molecule has 0 aromatic heterocycles. The summed E-state index contributed by atoms with van der Waals surface area (Å²) in [6, 6.07) is 0. The highest BCUT2D eigenvalue weighted by Gasteiger charge is 2.71. The third-order valence-corrected chi connectivity index (χ3v) is 12.3. The van der Waals surface area contributed by atoms with Gasteiger partial charge in [0.25, 0.3) is 0 Å². The molecule has 1 spiro atoms. The first-order valence-corrected chi connectivity index (χ1v) is 13.8. The van der Waals surface area contributed by atoms with E-state index in [1.165, 1.54) is 32.1 Å². The molecule has 0 radical (unpaired) electrons. The number of aliphatic hydroxyl groups is 2. The standard InChI is InChI=1S/C28H46O4/c1-15-6-9-26(4)18-8-10-27(5)19(22(18)25(30)24(29)20(26)12-15)13-21-23(27)17(3)28(32-21)11-7-16(2)14-31-28/h15-25,29-30H,6-14H2,1-5H3/t15-,16?,17-,18-,19-,20+,21-,22?,23-,24+,25+,26+,27-,28+/m0/s1. The number of rotatable bonds is 0. The largest absolute Gasteiger partial charge is 0.390 e. The lowest BCUT2D eigenvalue weighted by Gasteiger charge is -2.64. The molecule has 2 aliphatic heterocycles. The van der Waals surface area contributed by atoms with Crippen molar-refractivity contribution in [2.75, 3.05) is 6.61 Å². The zero-order chi connectivity index (χ0) is 22.6. The minimum Gasteiger partial charge on any atom is -0.390 e. The third kappa shape index (κ3) is 2.76. The van der Waals surface area contributed by atoms with Gasteiger partial charge in [-0.05, 0) is 90.8 Å². The molecule has 6 fully saturated rings. The summed E-state index contributed by atoms with van der Waals surface area (Å²) >= 11 is 0. The van der Waals surface area contributed by atoms with E-state index in [1.54, 1.807) is 0 Å². The smallest absolute Gasteiger partial charge is 0.171 e. The van der Waals surface area contributed by atoms with E-state index in [2.05, 4.69) is 34.6 Å². The Bertz CT molecular complexity index is 746. The van der Waals surface area contributed by atoms with E-state index in [0.29, 0.717) is 35.5 Å². The van der Waals surface area contributed by atoms with Crippen molar-refractivity contribution in [1.82, 2.24) is 0 Å². The van der Waals surface area contributed by atoms with Gasteiger partial charge >= 0.3 is 0 Å². The normalized spacial score (nSPS) is 64.0. The van der Waals surface area contributed by atoms with Gasteiger partial charge in [0, 0.05) is 12.3 Å². The molecule has 4 aliphatic carbocycles. The van der Waals surface area contributed by atoms with Crippen LogP contribution in [0.4, 0.5) is 0 Å². The Kier molecular flexibility index (Phi) is 5.01. The molecule has 4 heteroatoms. The van der Waals surface area contributed by atoms with Gasteiger partial charge in [0.05, 0.1) is 24.9 Å². The Labute approximate surface area is 194 Å². The van der Waals surface area contributed by atoms with Crippen molar-refractivity contribution in [2.24, 2.45) is 58.2 Å². The quantitative estimate of drug-likeness (QED) is 0.549. The van der Waals surface area contributed by atoms with Gasteiger partial charge in [-0.15, -0.1) is 0 Å². The van der Waals surface area contributed by atoms with Gasteiger partial charge < -0.3 is 19.7 Å². The minimum absolute atomic E-state index is 0.172. The van der Waals surface area contributed by atoms with Gasteiger partial charge in [0.2, 0.25) is 0 Å². The van der Waals surface area contributed by atoms with Crippen LogP contribution in [0.5, 0.6) is 0 Å². The maximum Gasteiger partial charge on any atom is 0.171 e. The van der Waals surface area contributed by atoms with E-state index in [4.69, 9.17) is 9.47 Å². The first-order valence-electron chi connectivity index (χ1n) is 13.8. The Morgan fingerprint density at radius 2 is 1.47 bits per heavy atom. The molecule has 0 aromatic rings. The Morgan fingerprint density at radius 3 is 2.19 bits per heavy atom. The summed E-state index contributed by atoms with van der Waals surface area (Å²) in [5.41, 5.74) is 0.345. The predicted molar refractivity (Wildman–Crippen MR) is 124 cm³/mol. The van der Waals surface area contributed by atoms with Crippen LogP contribution in [0.2, 0.25) is 0 Å².